The summed E-state index contributed by atoms with van der Waals surface area (Å²) in [5.74, 6) is -0.0167. The van der Waals surface area contributed by atoms with Gasteiger partial charge in [-0.1, -0.05) is 19.1 Å². The van der Waals surface area contributed by atoms with Gasteiger partial charge in [0.15, 0.2) is 0 Å². The van der Waals surface area contributed by atoms with Gasteiger partial charge in [-0.15, -0.1) is 11.6 Å². The minimum Gasteiger partial charge on any atom is -0.312 e. The van der Waals surface area contributed by atoms with Crippen molar-refractivity contribution >= 4 is 23.2 Å². The standard InChI is InChI=1S/C12H16ClNO/c1-3-10-6-5-7-11(8-10)14(4-2)12(15)9-13/h5-8H,3-4,9H2,1-2H3. The van der Waals surface area contributed by atoms with Crippen LogP contribution in [0.5, 0.6) is 0 Å². The third-order valence-corrected chi connectivity index (χ3v) is 2.59. The Kier molecular flexibility index (Phi) is 4.63. The zero-order valence-corrected chi connectivity index (χ0v) is 9.92. The molecule has 1 aromatic rings. The van der Waals surface area contributed by atoms with E-state index >= 15 is 0 Å². The average Bonchev–Trinajstić information content (AvgIpc) is 2.30. The first-order valence-electron chi connectivity index (χ1n) is 5.18. The van der Waals surface area contributed by atoms with Gasteiger partial charge in [-0.2, -0.15) is 0 Å². The maximum Gasteiger partial charge on any atom is 0.241 e. The zero-order valence-electron chi connectivity index (χ0n) is 9.16. The molecule has 2 nitrogen and oxygen atoms in total. The van der Waals surface area contributed by atoms with Gasteiger partial charge in [0.05, 0.1) is 0 Å². The molecule has 0 aliphatic heterocycles. The quantitative estimate of drug-likeness (QED) is 0.722. The molecule has 0 aromatic heterocycles. The summed E-state index contributed by atoms with van der Waals surface area (Å²) < 4.78 is 0. The Labute approximate surface area is 95.8 Å². The lowest BCUT2D eigenvalue weighted by atomic mass is 10.1. The number of anilines is 1. The van der Waals surface area contributed by atoms with E-state index in [4.69, 9.17) is 11.6 Å². The highest BCUT2D eigenvalue weighted by Crippen LogP contribution is 2.16. The summed E-state index contributed by atoms with van der Waals surface area (Å²) in [6, 6.07) is 8.00. The van der Waals surface area contributed by atoms with Gasteiger partial charge >= 0.3 is 0 Å². The van der Waals surface area contributed by atoms with E-state index in [1.165, 1.54) is 5.56 Å². The van der Waals surface area contributed by atoms with Crippen LogP contribution in [0.15, 0.2) is 24.3 Å². The van der Waals surface area contributed by atoms with Crippen LogP contribution >= 0.6 is 11.6 Å². The van der Waals surface area contributed by atoms with Gasteiger partial charge in [0.1, 0.15) is 5.88 Å². The Morgan fingerprint density at radius 1 is 1.40 bits per heavy atom. The van der Waals surface area contributed by atoms with Gasteiger partial charge in [-0.25, -0.2) is 0 Å². The molecule has 0 aliphatic carbocycles. The van der Waals surface area contributed by atoms with Crippen LogP contribution in [0.2, 0.25) is 0 Å². The Balaban J connectivity index is 2.96. The normalized spacial score (nSPS) is 10.1. The summed E-state index contributed by atoms with van der Waals surface area (Å²) in [5.41, 5.74) is 2.16. The summed E-state index contributed by atoms with van der Waals surface area (Å²) in [4.78, 5) is 13.2. The van der Waals surface area contributed by atoms with E-state index in [1.807, 2.05) is 25.1 Å². The third kappa shape index (κ3) is 2.96. The van der Waals surface area contributed by atoms with Gasteiger partial charge in [0.2, 0.25) is 5.91 Å². The molecule has 15 heavy (non-hydrogen) atoms. The lowest BCUT2D eigenvalue weighted by molar-refractivity contribution is -0.116. The van der Waals surface area contributed by atoms with Crippen LogP contribution in [0.4, 0.5) is 5.69 Å². The van der Waals surface area contributed by atoms with E-state index in [0.717, 1.165) is 12.1 Å². The molecule has 1 rings (SSSR count). The van der Waals surface area contributed by atoms with Crippen LogP contribution in [-0.4, -0.2) is 18.3 Å². The minimum absolute atomic E-state index is 0.0319. The highest BCUT2D eigenvalue weighted by molar-refractivity contribution is 6.29. The molecule has 0 bridgehead atoms. The van der Waals surface area contributed by atoms with Crippen LogP contribution in [0, 0.1) is 0 Å². The van der Waals surface area contributed by atoms with Crippen LogP contribution in [0.25, 0.3) is 0 Å². The second-order valence-corrected chi connectivity index (χ2v) is 3.56. The van der Waals surface area contributed by atoms with Crippen LogP contribution in [-0.2, 0) is 11.2 Å². The summed E-state index contributed by atoms with van der Waals surface area (Å²) in [6.07, 6.45) is 0.973. The number of nitrogens with zero attached hydrogens (tertiary/aromatic N) is 1. The topological polar surface area (TPSA) is 20.3 Å². The first kappa shape index (κ1) is 12.1. The second-order valence-electron chi connectivity index (χ2n) is 3.30. The fraction of sp³-hybridized carbons (Fsp3) is 0.417. The fourth-order valence-corrected chi connectivity index (χ4v) is 1.66. The molecule has 0 unspecified atom stereocenters. The van der Waals surface area contributed by atoms with Crippen molar-refractivity contribution < 1.29 is 4.79 Å². The summed E-state index contributed by atoms with van der Waals surface area (Å²) in [7, 11) is 0. The number of hydrogen-bond donors (Lipinski definition) is 0. The Hall–Kier alpha value is -1.02. The summed E-state index contributed by atoms with van der Waals surface area (Å²) in [5, 5.41) is 0. The van der Waals surface area contributed by atoms with Crippen molar-refractivity contribution in [2.45, 2.75) is 20.3 Å². The molecule has 82 valence electrons. The van der Waals surface area contributed by atoms with Gasteiger partial charge in [0, 0.05) is 12.2 Å². The van der Waals surface area contributed by atoms with E-state index < -0.39 is 0 Å². The molecule has 0 spiro atoms. The SMILES string of the molecule is CCc1cccc(N(CC)C(=O)CCl)c1. The number of hydrogen-bond acceptors (Lipinski definition) is 1. The van der Waals surface area contributed by atoms with Gasteiger partial charge < -0.3 is 4.90 Å². The monoisotopic (exact) mass is 225 g/mol. The number of halogens is 1. The zero-order chi connectivity index (χ0) is 11.3. The van der Waals surface area contributed by atoms with E-state index in [0.29, 0.717) is 6.54 Å². The molecule has 0 aliphatic rings. The largest absolute Gasteiger partial charge is 0.312 e. The Morgan fingerprint density at radius 2 is 2.13 bits per heavy atom. The average molecular weight is 226 g/mol. The molecule has 0 N–H and O–H groups in total. The molecule has 0 fully saturated rings. The van der Waals surface area contributed by atoms with Gasteiger partial charge in [-0.3, -0.25) is 4.79 Å². The number of alkyl halides is 1. The number of aryl methyl sites for hydroxylation is 1. The maximum absolute atomic E-state index is 11.5. The summed E-state index contributed by atoms with van der Waals surface area (Å²) in [6.45, 7) is 4.69. The molecule has 0 atom stereocenters. The van der Waals surface area contributed by atoms with Crippen LogP contribution < -0.4 is 4.90 Å². The van der Waals surface area contributed by atoms with E-state index in [2.05, 4.69) is 13.0 Å². The highest BCUT2D eigenvalue weighted by atomic mass is 35.5. The van der Waals surface area contributed by atoms with Crippen molar-refractivity contribution in [2.24, 2.45) is 0 Å². The van der Waals surface area contributed by atoms with Crippen molar-refractivity contribution in [2.75, 3.05) is 17.3 Å². The Morgan fingerprint density at radius 3 is 2.67 bits per heavy atom. The van der Waals surface area contributed by atoms with Crippen molar-refractivity contribution in [1.29, 1.82) is 0 Å². The van der Waals surface area contributed by atoms with Gasteiger partial charge in [0.25, 0.3) is 0 Å². The fourth-order valence-electron chi connectivity index (χ4n) is 1.52. The lowest BCUT2D eigenvalue weighted by Crippen LogP contribution is -2.31. The first-order chi connectivity index (χ1) is 7.22. The molecular weight excluding hydrogens is 210 g/mol. The first-order valence-corrected chi connectivity index (χ1v) is 5.71. The molecule has 1 aromatic carbocycles. The van der Waals surface area contributed by atoms with Crippen molar-refractivity contribution in [3.8, 4) is 0 Å². The number of rotatable bonds is 4. The van der Waals surface area contributed by atoms with Crippen LogP contribution in [0.1, 0.15) is 19.4 Å². The van der Waals surface area contributed by atoms with Gasteiger partial charge in [-0.05, 0) is 31.0 Å². The minimum atomic E-state index is -0.0487. The maximum atomic E-state index is 11.5. The lowest BCUT2D eigenvalue weighted by Gasteiger charge is -2.20. The molecule has 0 saturated heterocycles. The predicted octanol–water partition coefficient (Wildman–Crippen LogP) is 2.84. The molecular formula is C12H16ClNO. The third-order valence-electron chi connectivity index (χ3n) is 2.36. The highest BCUT2D eigenvalue weighted by Gasteiger charge is 2.12. The van der Waals surface area contributed by atoms with Crippen molar-refractivity contribution in [1.82, 2.24) is 0 Å². The summed E-state index contributed by atoms with van der Waals surface area (Å²) >= 11 is 5.56. The second kappa shape index (κ2) is 5.76. The smallest absolute Gasteiger partial charge is 0.241 e. The van der Waals surface area contributed by atoms with E-state index in [9.17, 15) is 4.79 Å². The predicted molar refractivity (Wildman–Crippen MR) is 64.6 cm³/mol. The molecule has 3 heteroatoms. The van der Waals surface area contributed by atoms with E-state index in [1.54, 1.807) is 4.90 Å². The molecule has 1 amide bonds. The van der Waals surface area contributed by atoms with Crippen LogP contribution in [0.3, 0.4) is 0 Å². The van der Waals surface area contributed by atoms with Crippen molar-refractivity contribution in [3.63, 3.8) is 0 Å². The molecule has 0 radical (unpaired) electrons. The molecule has 0 heterocycles. The number of amides is 1. The number of carbonyl (C=O) groups is 1. The Bertz CT molecular complexity index is 338. The number of benzene rings is 1. The van der Waals surface area contributed by atoms with E-state index in [-0.39, 0.29) is 11.8 Å². The molecule has 0 saturated carbocycles. The number of carbonyl (C=O) groups excluding carboxylic acids is 1. The van der Waals surface area contributed by atoms with Crippen molar-refractivity contribution in [3.05, 3.63) is 29.8 Å².